The summed E-state index contributed by atoms with van der Waals surface area (Å²) in [4.78, 5) is 25.5. The molecule has 1 heterocycles. The highest BCUT2D eigenvalue weighted by atomic mass is 19.1. The van der Waals surface area contributed by atoms with E-state index in [9.17, 15) is 14.0 Å². The van der Waals surface area contributed by atoms with E-state index in [0.29, 0.717) is 34.7 Å². The van der Waals surface area contributed by atoms with Crippen LogP contribution in [0.3, 0.4) is 0 Å². The Morgan fingerprint density at radius 2 is 1.70 bits per heavy atom. The molecule has 2 aromatic carbocycles. The molecule has 0 saturated heterocycles. The van der Waals surface area contributed by atoms with Gasteiger partial charge in [0.15, 0.2) is 0 Å². The second-order valence-corrected chi connectivity index (χ2v) is 7.85. The van der Waals surface area contributed by atoms with Crippen molar-refractivity contribution >= 4 is 34.2 Å². The van der Waals surface area contributed by atoms with Crippen LogP contribution in [0.5, 0.6) is 0 Å². The van der Waals surface area contributed by atoms with Crippen LogP contribution in [0.4, 0.5) is 15.8 Å². The highest BCUT2D eigenvalue weighted by Crippen LogP contribution is 2.32. The van der Waals surface area contributed by atoms with Crippen LogP contribution in [-0.4, -0.2) is 11.8 Å². The molecule has 1 aliphatic rings. The number of amides is 2. The van der Waals surface area contributed by atoms with Crippen LogP contribution in [0, 0.1) is 11.7 Å². The van der Waals surface area contributed by atoms with E-state index in [2.05, 4.69) is 10.6 Å². The number of furan rings is 1. The first-order valence-corrected chi connectivity index (χ1v) is 10.5. The molecule has 3 aromatic rings. The lowest BCUT2D eigenvalue weighted by Crippen LogP contribution is -2.18. The average molecular weight is 408 g/mol. The number of hydrogen-bond acceptors (Lipinski definition) is 3. The molecule has 1 fully saturated rings. The van der Waals surface area contributed by atoms with Crippen LogP contribution in [-0.2, 0) is 4.79 Å². The van der Waals surface area contributed by atoms with Gasteiger partial charge in [-0.2, -0.15) is 0 Å². The number of rotatable bonds is 6. The third kappa shape index (κ3) is 4.70. The first-order chi connectivity index (χ1) is 14.6. The second kappa shape index (κ2) is 9.11. The zero-order chi connectivity index (χ0) is 20.9. The van der Waals surface area contributed by atoms with Gasteiger partial charge in [0.05, 0.1) is 0 Å². The van der Waals surface area contributed by atoms with Gasteiger partial charge in [-0.25, -0.2) is 4.39 Å². The molecule has 0 bridgehead atoms. The Bertz CT molecular complexity index is 1040. The molecule has 0 aliphatic heterocycles. The fraction of sp³-hybridized carbons (Fsp3) is 0.333. The van der Waals surface area contributed by atoms with Crippen LogP contribution in [0.1, 0.15) is 55.5 Å². The number of carbonyl (C=O) groups excluding carboxylic acids is 2. The topological polar surface area (TPSA) is 71.3 Å². The zero-order valence-corrected chi connectivity index (χ0v) is 16.7. The molecule has 2 N–H and O–H groups in total. The van der Waals surface area contributed by atoms with Gasteiger partial charge in [0.2, 0.25) is 11.7 Å². The summed E-state index contributed by atoms with van der Waals surface area (Å²) in [5.41, 5.74) is 1.33. The van der Waals surface area contributed by atoms with Crippen molar-refractivity contribution in [1.29, 1.82) is 0 Å². The number of carbonyl (C=O) groups is 2. The molecule has 1 saturated carbocycles. The monoisotopic (exact) mass is 408 g/mol. The fourth-order valence-corrected chi connectivity index (χ4v) is 4.06. The lowest BCUT2D eigenvalue weighted by Gasteiger charge is -2.21. The maximum atomic E-state index is 13.1. The third-order valence-corrected chi connectivity index (χ3v) is 5.67. The predicted molar refractivity (Wildman–Crippen MR) is 115 cm³/mol. The Balaban J connectivity index is 1.51. The molecule has 156 valence electrons. The summed E-state index contributed by atoms with van der Waals surface area (Å²) in [6.45, 7) is 0. The van der Waals surface area contributed by atoms with Crippen molar-refractivity contribution in [3.05, 3.63) is 60.1 Å². The number of nitrogens with one attached hydrogen (secondary N) is 2. The number of anilines is 2. The standard InChI is InChI=1S/C24H25FN2O3/c25-17-11-13-18(14-12-17)26-24(29)23-22(19-8-4-5-9-20(19)30-23)27-21(28)15-10-16-6-2-1-3-7-16/h4-5,8-9,11-14,16H,1-3,6-7,10,15H2,(H,26,29)(H,27,28). The maximum absolute atomic E-state index is 13.1. The summed E-state index contributed by atoms with van der Waals surface area (Å²) in [7, 11) is 0. The van der Waals surface area contributed by atoms with Crippen molar-refractivity contribution in [2.45, 2.75) is 44.9 Å². The van der Waals surface area contributed by atoms with Crippen molar-refractivity contribution in [3.63, 3.8) is 0 Å². The van der Waals surface area contributed by atoms with Crippen LogP contribution in [0.2, 0.25) is 0 Å². The SMILES string of the molecule is O=C(CCC1CCCCC1)Nc1c(C(=O)Nc2ccc(F)cc2)oc2ccccc12. The van der Waals surface area contributed by atoms with E-state index < -0.39 is 5.91 Å². The van der Waals surface area contributed by atoms with Crippen molar-refractivity contribution in [2.75, 3.05) is 10.6 Å². The lowest BCUT2D eigenvalue weighted by molar-refractivity contribution is -0.116. The van der Waals surface area contributed by atoms with Gasteiger partial charge in [0.1, 0.15) is 17.1 Å². The molecule has 4 rings (SSSR count). The lowest BCUT2D eigenvalue weighted by atomic mass is 9.86. The van der Waals surface area contributed by atoms with Crippen LogP contribution < -0.4 is 10.6 Å². The molecule has 5 nitrogen and oxygen atoms in total. The van der Waals surface area contributed by atoms with E-state index in [-0.39, 0.29) is 17.5 Å². The molecular formula is C24H25FN2O3. The number of halogens is 1. The largest absolute Gasteiger partial charge is 0.449 e. The van der Waals surface area contributed by atoms with Gasteiger partial charge >= 0.3 is 0 Å². The van der Waals surface area contributed by atoms with E-state index in [1.54, 1.807) is 6.07 Å². The molecule has 6 heteroatoms. The van der Waals surface area contributed by atoms with Crippen LogP contribution >= 0.6 is 0 Å². The highest BCUT2D eigenvalue weighted by molar-refractivity contribution is 6.14. The minimum Gasteiger partial charge on any atom is -0.449 e. The summed E-state index contributed by atoms with van der Waals surface area (Å²) in [5.74, 6) is -0.371. The number of fused-ring (bicyclic) bond motifs is 1. The Hall–Kier alpha value is -3.15. The van der Waals surface area contributed by atoms with Crippen molar-refractivity contribution in [2.24, 2.45) is 5.92 Å². The van der Waals surface area contributed by atoms with E-state index in [1.807, 2.05) is 18.2 Å². The molecule has 0 unspecified atom stereocenters. The number of para-hydroxylation sites is 1. The first kappa shape index (κ1) is 20.1. The fourth-order valence-electron chi connectivity index (χ4n) is 4.06. The molecule has 0 radical (unpaired) electrons. The predicted octanol–water partition coefficient (Wildman–Crippen LogP) is 6.12. The van der Waals surface area contributed by atoms with Gasteiger partial charge in [-0.3, -0.25) is 9.59 Å². The quantitative estimate of drug-likeness (QED) is 0.516. The van der Waals surface area contributed by atoms with Crippen LogP contribution in [0.15, 0.2) is 52.9 Å². The average Bonchev–Trinajstić information content (AvgIpc) is 3.13. The molecule has 0 atom stereocenters. The maximum Gasteiger partial charge on any atom is 0.293 e. The third-order valence-electron chi connectivity index (χ3n) is 5.67. The summed E-state index contributed by atoms with van der Waals surface area (Å²) in [5, 5.41) is 6.26. The van der Waals surface area contributed by atoms with Crippen molar-refractivity contribution in [3.8, 4) is 0 Å². The van der Waals surface area contributed by atoms with Gasteiger partial charge in [-0.1, -0.05) is 44.2 Å². The normalized spacial score (nSPS) is 14.6. The minimum absolute atomic E-state index is 0.0338. The van der Waals surface area contributed by atoms with E-state index in [1.165, 1.54) is 56.4 Å². The van der Waals surface area contributed by atoms with E-state index in [4.69, 9.17) is 4.42 Å². The first-order valence-electron chi connectivity index (χ1n) is 10.5. The van der Waals surface area contributed by atoms with Crippen molar-refractivity contribution in [1.82, 2.24) is 0 Å². The molecule has 2 amide bonds. The minimum atomic E-state index is -0.500. The highest BCUT2D eigenvalue weighted by Gasteiger charge is 2.23. The molecule has 1 aliphatic carbocycles. The Labute approximate surface area is 174 Å². The smallest absolute Gasteiger partial charge is 0.293 e. The molecule has 1 aromatic heterocycles. The van der Waals surface area contributed by atoms with E-state index in [0.717, 1.165) is 6.42 Å². The Kier molecular flexibility index (Phi) is 6.12. The van der Waals surface area contributed by atoms with Gasteiger partial charge in [0.25, 0.3) is 5.91 Å². The van der Waals surface area contributed by atoms with E-state index >= 15 is 0 Å². The molecular weight excluding hydrogens is 383 g/mol. The molecule has 0 spiro atoms. The van der Waals surface area contributed by atoms with Crippen molar-refractivity contribution < 1.29 is 18.4 Å². The van der Waals surface area contributed by atoms with Gasteiger partial charge in [0, 0.05) is 17.5 Å². The van der Waals surface area contributed by atoms with Gasteiger partial charge in [-0.15, -0.1) is 0 Å². The summed E-state index contributed by atoms with van der Waals surface area (Å²) >= 11 is 0. The summed E-state index contributed by atoms with van der Waals surface area (Å²) < 4.78 is 18.9. The second-order valence-electron chi connectivity index (χ2n) is 7.85. The summed E-state index contributed by atoms with van der Waals surface area (Å²) in [6, 6.07) is 12.7. The molecule has 30 heavy (non-hydrogen) atoms. The van der Waals surface area contributed by atoms with Gasteiger partial charge in [-0.05, 0) is 48.7 Å². The number of hydrogen-bond donors (Lipinski definition) is 2. The van der Waals surface area contributed by atoms with Gasteiger partial charge < -0.3 is 15.1 Å². The zero-order valence-electron chi connectivity index (χ0n) is 16.7. The summed E-state index contributed by atoms with van der Waals surface area (Å²) in [6.07, 6.45) is 7.43. The Morgan fingerprint density at radius 3 is 2.47 bits per heavy atom. The number of benzene rings is 2. The van der Waals surface area contributed by atoms with Crippen LogP contribution in [0.25, 0.3) is 11.0 Å². The Morgan fingerprint density at radius 1 is 0.967 bits per heavy atom.